The van der Waals surface area contributed by atoms with Crippen molar-refractivity contribution >= 4 is 40.7 Å². The van der Waals surface area contributed by atoms with Gasteiger partial charge in [-0.15, -0.1) is 0 Å². The molecule has 0 spiro atoms. The van der Waals surface area contributed by atoms with Crippen LogP contribution < -0.4 is 25.0 Å². The molecule has 2 aliphatic rings. The van der Waals surface area contributed by atoms with E-state index < -0.39 is 6.10 Å². The minimum Gasteiger partial charge on any atom is -0.484 e. The molecule has 33 heavy (non-hydrogen) atoms. The van der Waals surface area contributed by atoms with Crippen LogP contribution >= 0.6 is 23.2 Å². The number of ether oxygens (including phenoxy) is 2. The summed E-state index contributed by atoms with van der Waals surface area (Å²) in [6.45, 7) is 0.412. The van der Waals surface area contributed by atoms with E-state index in [-0.39, 0.29) is 30.5 Å². The van der Waals surface area contributed by atoms with Gasteiger partial charge in [0.25, 0.3) is 11.8 Å². The number of benzene rings is 2. The SMILES string of the molecule is CN1CC(C(=O)N[C@H]2CC[C@H](NC(=O)COc3ccc(Cl)cc3)CC2)Oc2ccc(Cl)cc21. The molecule has 9 heteroatoms. The first-order valence-corrected chi connectivity index (χ1v) is 11.8. The van der Waals surface area contributed by atoms with Crippen molar-refractivity contribution in [3.05, 3.63) is 52.5 Å². The number of hydrogen-bond acceptors (Lipinski definition) is 5. The van der Waals surface area contributed by atoms with Gasteiger partial charge in [0.05, 0.1) is 12.2 Å². The van der Waals surface area contributed by atoms with E-state index in [1.165, 1.54) is 0 Å². The number of nitrogens with zero attached hydrogens (tertiary/aromatic N) is 1. The molecule has 1 unspecified atom stereocenters. The van der Waals surface area contributed by atoms with Crippen LogP contribution in [-0.4, -0.2) is 50.2 Å². The summed E-state index contributed by atoms with van der Waals surface area (Å²) in [6, 6.07) is 12.4. The average molecular weight is 492 g/mol. The highest BCUT2D eigenvalue weighted by Crippen LogP contribution is 2.34. The number of anilines is 1. The molecule has 1 aliphatic heterocycles. The van der Waals surface area contributed by atoms with Crippen molar-refractivity contribution in [2.45, 2.75) is 43.9 Å². The Morgan fingerprint density at radius 3 is 2.33 bits per heavy atom. The summed E-state index contributed by atoms with van der Waals surface area (Å²) in [7, 11) is 1.92. The fourth-order valence-electron chi connectivity index (χ4n) is 4.19. The highest BCUT2D eigenvalue weighted by molar-refractivity contribution is 6.31. The zero-order valence-corrected chi connectivity index (χ0v) is 19.9. The lowest BCUT2D eigenvalue weighted by Gasteiger charge is -2.35. The normalized spacial score (nSPS) is 22.0. The minimum absolute atomic E-state index is 0.0441. The van der Waals surface area contributed by atoms with Gasteiger partial charge >= 0.3 is 0 Å². The van der Waals surface area contributed by atoms with Crippen molar-refractivity contribution < 1.29 is 19.1 Å². The predicted molar refractivity (Wildman–Crippen MR) is 128 cm³/mol. The standard InChI is InChI=1S/C24H27Cl2N3O4/c1-29-13-22(33-21-11-4-16(26)12-20(21)29)24(31)28-18-7-5-17(6-8-18)27-23(30)14-32-19-9-2-15(25)3-10-19/h2-4,9-12,17-18,22H,5-8,13-14H2,1H3,(H,27,30)(H,28,31)/t17-,18-,22?. The van der Waals surface area contributed by atoms with E-state index in [2.05, 4.69) is 10.6 Å². The van der Waals surface area contributed by atoms with Gasteiger partial charge in [-0.2, -0.15) is 0 Å². The maximum Gasteiger partial charge on any atom is 0.263 e. The van der Waals surface area contributed by atoms with Crippen LogP contribution in [0.25, 0.3) is 0 Å². The molecule has 0 bridgehead atoms. The van der Waals surface area contributed by atoms with Crippen molar-refractivity contribution in [2.75, 3.05) is 25.1 Å². The third-order valence-corrected chi connectivity index (χ3v) is 6.44. The number of rotatable bonds is 6. The van der Waals surface area contributed by atoms with Crippen LogP contribution in [0, 0.1) is 0 Å². The number of nitrogens with one attached hydrogen (secondary N) is 2. The summed E-state index contributed by atoms with van der Waals surface area (Å²) in [5, 5.41) is 7.38. The van der Waals surface area contributed by atoms with Crippen LogP contribution in [0.4, 0.5) is 5.69 Å². The van der Waals surface area contributed by atoms with E-state index in [1.54, 1.807) is 36.4 Å². The van der Waals surface area contributed by atoms with Gasteiger partial charge in [0.15, 0.2) is 12.7 Å². The van der Waals surface area contributed by atoms with Crippen LogP contribution in [0.5, 0.6) is 11.5 Å². The van der Waals surface area contributed by atoms with E-state index in [0.29, 0.717) is 28.1 Å². The second-order valence-electron chi connectivity index (χ2n) is 8.47. The summed E-state index contributed by atoms with van der Waals surface area (Å²) in [6.07, 6.45) is 2.60. The van der Waals surface area contributed by atoms with Crippen molar-refractivity contribution in [1.82, 2.24) is 10.6 Å². The highest BCUT2D eigenvalue weighted by atomic mass is 35.5. The lowest BCUT2D eigenvalue weighted by atomic mass is 9.91. The molecule has 2 aromatic rings. The van der Waals surface area contributed by atoms with E-state index >= 15 is 0 Å². The minimum atomic E-state index is -0.578. The van der Waals surface area contributed by atoms with Gasteiger partial charge in [-0.1, -0.05) is 23.2 Å². The molecule has 1 atom stereocenters. The molecule has 2 N–H and O–H groups in total. The molecule has 1 aliphatic carbocycles. The number of fused-ring (bicyclic) bond motifs is 1. The molecule has 0 radical (unpaired) electrons. The Hall–Kier alpha value is -2.64. The first-order valence-electron chi connectivity index (χ1n) is 11.0. The summed E-state index contributed by atoms with van der Waals surface area (Å²) in [4.78, 5) is 27.0. The maximum absolute atomic E-state index is 12.8. The monoisotopic (exact) mass is 491 g/mol. The van der Waals surface area contributed by atoms with Gasteiger partial charge in [-0.05, 0) is 68.1 Å². The Labute approximate surface area is 203 Å². The molecule has 0 saturated heterocycles. The van der Waals surface area contributed by atoms with Gasteiger partial charge < -0.3 is 25.0 Å². The molecule has 176 valence electrons. The van der Waals surface area contributed by atoms with Crippen LogP contribution in [0.2, 0.25) is 10.0 Å². The van der Waals surface area contributed by atoms with Crippen molar-refractivity contribution in [2.24, 2.45) is 0 Å². The fraction of sp³-hybridized carbons (Fsp3) is 0.417. The average Bonchev–Trinajstić information content (AvgIpc) is 2.80. The third-order valence-electron chi connectivity index (χ3n) is 5.96. The second-order valence-corrected chi connectivity index (χ2v) is 9.34. The van der Waals surface area contributed by atoms with E-state index in [4.69, 9.17) is 32.7 Å². The molecule has 2 amide bonds. The Balaban J connectivity index is 1.19. The first kappa shape index (κ1) is 23.5. The van der Waals surface area contributed by atoms with Gasteiger partial charge in [-0.25, -0.2) is 0 Å². The van der Waals surface area contributed by atoms with Crippen LogP contribution in [-0.2, 0) is 9.59 Å². The number of halogens is 2. The summed E-state index contributed by atoms with van der Waals surface area (Å²) >= 11 is 11.9. The van der Waals surface area contributed by atoms with Gasteiger partial charge in [0, 0.05) is 29.2 Å². The van der Waals surface area contributed by atoms with Gasteiger partial charge in [-0.3, -0.25) is 9.59 Å². The smallest absolute Gasteiger partial charge is 0.263 e. The predicted octanol–water partition coefficient (Wildman–Crippen LogP) is 3.81. The molecule has 7 nitrogen and oxygen atoms in total. The van der Waals surface area contributed by atoms with Crippen molar-refractivity contribution in [3.8, 4) is 11.5 Å². The highest BCUT2D eigenvalue weighted by Gasteiger charge is 2.31. The molecule has 0 aromatic heterocycles. The van der Waals surface area contributed by atoms with Gasteiger partial charge in [0.2, 0.25) is 0 Å². The van der Waals surface area contributed by atoms with E-state index in [0.717, 1.165) is 31.4 Å². The lowest BCUT2D eigenvalue weighted by Crippen LogP contribution is -2.52. The maximum atomic E-state index is 12.8. The number of carbonyl (C=O) groups is 2. The van der Waals surface area contributed by atoms with Crippen LogP contribution in [0.1, 0.15) is 25.7 Å². The first-order chi connectivity index (χ1) is 15.9. The summed E-state index contributed by atoms with van der Waals surface area (Å²) < 4.78 is 11.4. The Morgan fingerprint density at radius 2 is 1.64 bits per heavy atom. The van der Waals surface area contributed by atoms with Gasteiger partial charge in [0.1, 0.15) is 11.5 Å². The number of hydrogen-bond donors (Lipinski definition) is 2. The van der Waals surface area contributed by atoms with Crippen LogP contribution in [0.15, 0.2) is 42.5 Å². The topological polar surface area (TPSA) is 79.9 Å². The zero-order valence-electron chi connectivity index (χ0n) is 18.4. The number of amides is 2. The molecule has 1 saturated carbocycles. The number of carbonyl (C=O) groups excluding carboxylic acids is 2. The molecule has 1 fully saturated rings. The van der Waals surface area contributed by atoms with Crippen LogP contribution in [0.3, 0.4) is 0 Å². The molecule has 2 aromatic carbocycles. The van der Waals surface area contributed by atoms with E-state index in [1.807, 2.05) is 18.0 Å². The zero-order chi connectivity index (χ0) is 23.4. The number of likely N-dealkylation sites (N-methyl/N-ethyl adjacent to an activating group) is 1. The third kappa shape index (κ3) is 6.24. The Kier molecular flexibility index (Phi) is 7.50. The van der Waals surface area contributed by atoms with Crippen molar-refractivity contribution in [1.29, 1.82) is 0 Å². The fourth-order valence-corrected chi connectivity index (χ4v) is 4.48. The molecular weight excluding hydrogens is 465 g/mol. The van der Waals surface area contributed by atoms with Crippen molar-refractivity contribution in [3.63, 3.8) is 0 Å². The quantitative estimate of drug-likeness (QED) is 0.641. The molecule has 4 rings (SSSR count). The largest absolute Gasteiger partial charge is 0.484 e. The molecular formula is C24H27Cl2N3O4. The second kappa shape index (κ2) is 10.5. The lowest BCUT2D eigenvalue weighted by molar-refractivity contribution is -0.129. The Bertz CT molecular complexity index is 994. The van der Waals surface area contributed by atoms with E-state index in [9.17, 15) is 9.59 Å². The summed E-state index contributed by atoms with van der Waals surface area (Å²) in [5.41, 5.74) is 0.878. The Morgan fingerprint density at radius 1 is 1.00 bits per heavy atom. The molecule has 1 heterocycles. The summed E-state index contributed by atoms with van der Waals surface area (Å²) in [5.74, 6) is 0.976.